The highest BCUT2D eigenvalue weighted by molar-refractivity contribution is 6.62. The van der Waals surface area contributed by atoms with Gasteiger partial charge in [0.1, 0.15) is 0 Å². The summed E-state index contributed by atoms with van der Waals surface area (Å²) in [7, 11) is -2.62. The molecule has 1 unspecified atom stereocenters. The highest BCUT2D eigenvalue weighted by Gasteiger charge is 2.48. The van der Waals surface area contributed by atoms with Crippen LogP contribution in [0, 0.1) is 0 Å². The van der Waals surface area contributed by atoms with E-state index in [9.17, 15) is 0 Å². The number of nitrogens with two attached hydrogens (primary N) is 1. The molecule has 0 saturated carbocycles. The smallest absolute Gasteiger partial charge is 0.374 e. The van der Waals surface area contributed by atoms with E-state index in [0.29, 0.717) is 31.9 Å². The molecule has 3 N–H and O–H groups in total. The van der Waals surface area contributed by atoms with Crippen LogP contribution in [0.4, 0.5) is 0 Å². The molecule has 5 nitrogen and oxygen atoms in total. The molecule has 1 atom stereocenters. The molecule has 0 bridgehead atoms. The molecule has 0 radical (unpaired) electrons. The van der Waals surface area contributed by atoms with Crippen molar-refractivity contribution >= 4 is 8.80 Å². The number of hydrogen-bond acceptors (Lipinski definition) is 5. The molecule has 6 heteroatoms. The van der Waals surface area contributed by atoms with Crippen molar-refractivity contribution < 1.29 is 13.3 Å². The predicted octanol–water partition coefficient (Wildman–Crippen LogP) is 3.31. The molecule has 140 valence electrons. The van der Waals surface area contributed by atoms with Gasteiger partial charge < -0.3 is 24.3 Å². The minimum Gasteiger partial charge on any atom is -0.374 e. The lowest BCUT2D eigenvalue weighted by molar-refractivity contribution is 0.0583. The van der Waals surface area contributed by atoms with E-state index >= 15 is 0 Å². The molecule has 0 spiro atoms. The maximum Gasteiger partial charge on any atom is 0.504 e. The van der Waals surface area contributed by atoms with E-state index in [1.165, 1.54) is 25.7 Å². The second-order valence-electron chi connectivity index (χ2n) is 5.78. The van der Waals surface area contributed by atoms with Crippen LogP contribution in [0.5, 0.6) is 0 Å². The van der Waals surface area contributed by atoms with Gasteiger partial charge in [-0.05, 0) is 40.2 Å². The lowest BCUT2D eigenvalue weighted by Crippen LogP contribution is -2.51. The molecule has 0 heterocycles. The zero-order chi connectivity index (χ0) is 17.4. The lowest BCUT2D eigenvalue weighted by atomic mass is 10.1. The first-order valence-corrected chi connectivity index (χ1v) is 11.3. The molecule has 0 aromatic rings. The van der Waals surface area contributed by atoms with Crippen LogP contribution in [0.1, 0.15) is 66.2 Å². The number of rotatable bonds is 17. The standard InChI is InChI=1S/C17H40N2O3Si/c1-5-9-10-11-12-17(13-15-19-16-14-18)23(20-6-2,21-7-3)22-8-4/h17,19H,5-16,18H2,1-4H3. The third-order valence-corrected chi connectivity index (χ3v) is 7.58. The molecule has 23 heavy (non-hydrogen) atoms. The largest absolute Gasteiger partial charge is 0.504 e. The number of hydrogen-bond donors (Lipinski definition) is 2. The molecule has 0 aliphatic carbocycles. The van der Waals surface area contributed by atoms with Crippen molar-refractivity contribution in [2.45, 2.75) is 71.8 Å². The zero-order valence-corrected chi connectivity index (χ0v) is 16.9. The van der Waals surface area contributed by atoms with E-state index in [1.807, 2.05) is 20.8 Å². The van der Waals surface area contributed by atoms with Crippen molar-refractivity contribution in [1.82, 2.24) is 5.32 Å². The first kappa shape index (κ1) is 23.0. The molecule has 0 aliphatic heterocycles. The Kier molecular flexibility index (Phi) is 15.6. The molecule has 0 saturated heterocycles. The fourth-order valence-electron chi connectivity index (χ4n) is 2.90. The molecule has 0 aliphatic rings. The van der Waals surface area contributed by atoms with Gasteiger partial charge in [0.2, 0.25) is 0 Å². The molecule has 0 rings (SSSR count). The number of unbranched alkanes of at least 4 members (excludes halogenated alkanes) is 3. The van der Waals surface area contributed by atoms with E-state index in [4.69, 9.17) is 19.0 Å². The molecule has 0 aromatic carbocycles. The van der Waals surface area contributed by atoms with Crippen LogP contribution >= 0.6 is 0 Å². The Morgan fingerprint density at radius 3 is 1.91 bits per heavy atom. The van der Waals surface area contributed by atoms with E-state index in [1.54, 1.807) is 0 Å². The van der Waals surface area contributed by atoms with Crippen molar-refractivity contribution in [2.24, 2.45) is 5.73 Å². The van der Waals surface area contributed by atoms with Gasteiger partial charge in [0, 0.05) is 38.5 Å². The van der Waals surface area contributed by atoms with Crippen molar-refractivity contribution in [1.29, 1.82) is 0 Å². The average molecular weight is 349 g/mol. The Labute approximate surface area is 145 Å². The van der Waals surface area contributed by atoms with Gasteiger partial charge in [-0.25, -0.2) is 0 Å². The van der Waals surface area contributed by atoms with Crippen LogP contribution in [-0.2, 0) is 13.3 Å². The van der Waals surface area contributed by atoms with Gasteiger partial charge in [-0.15, -0.1) is 0 Å². The summed E-state index contributed by atoms with van der Waals surface area (Å²) in [6.07, 6.45) is 7.20. The summed E-state index contributed by atoms with van der Waals surface area (Å²) in [5.74, 6) is 0. The van der Waals surface area contributed by atoms with Gasteiger partial charge in [-0.3, -0.25) is 0 Å². The first-order valence-electron chi connectivity index (χ1n) is 9.53. The summed E-state index contributed by atoms with van der Waals surface area (Å²) in [5, 5.41) is 3.40. The van der Waals surface area contributed by atoms with Crippen molar-refractivity contribution in [2.75, 3.05) is 39.5 Å². The minimum atomic E-state index is -2.62. The van der Waals surface area contributed by atoms with Crippen LogP contribution < -0.4 is 11.1 Å². The Bertz CT molecular complexity index is 229. The SMILES string of the molecule is CCCCCCC(CCNCCN)[Si](OCC)(OCC)OCC. The molecule has 0 aromatic heterocycles. The van der Waals surface area contributed by atoms with Gasteiger partial charge in [0.15, 0.2) is 0 Å². The topological polar surface area (TPSA) is 65.7 Å². The summed E-state index contributed by atoms with van der Waals surface area (Å²) >= 11 is 0. The summed E-state index contributed by atoms with van der Waals surface area (Å²) in [6.45, 7) is 12.7. The third kappa shape index (κ3) is 9.79. The Balaban J connectivity index is 4.85. The second-order valence-corrected chi connectivity index (χ2v) is 8.67. The van der Waals surface area contributed by atoms with Crippen LogP contribution in [0.15, 0.2) is 0 Å². The summed E-state index contributed by atoms with van der Waals surface area (Å²) in [4.78, 5) is 0. The second kappa shape index (κ2) is 15.5. The van der Waals surface area contributed by atoms with Crippen LogP contribution in [0.25, 0.3) is 0 Å². The Hall–Kier alpha value is 0.0169. The fraction of sp³-hybridized carbons (Fsp3) is 1.00. The summed E-state index contributed by atoms with van der Waals surface area (Å²) < 4.78 is 18.4. The highest BCUT2D eigenvalue weighted by Crippen LogP contribution is 2.34. The van der Waals surface area contributed by atoms with Crippen molar-refractivity contribution in [3.63, 3.8) is 0 Å². The fourth-order valence-corrected chi connectivity index (χ4v) is 6.12. The quantitative estimate of drug-likeness (QED) is 0.312. The molecular weight excluding hydrogens is 308 g/mol. The third-order valence-electron chi connectivity index (χ3n) is 3.93. The van der Waals surface area contributed by atoms with E-state index in [0.717, 1.165) is 25.9 Å². The van der Waals surface area contributed by atoms with E-state index < -0.39 is 8.80 Å². The van der Waals surface area contributed by atoms with Crippen LogP contribution in [0.2, 0.25) is 5.54 Å². The lowest BCUT2D eigenvalue weighted by Gasteiger charge is -2.35. The van der Waals surface area contributed by atoms with Gasteiger partial charge in [-0.2, -0.15) is 0 Å². The zero-order valence-electron chi connectivity index (χ0n) is 15.9. The maximum absolute atomic E-state index is 6.13. The van der Waals surface area contributed by atoms with E-state index in [2.05, 4.69) is 12.2 Å². The Morgan fingerprint density at radius 1 is 0.826 bits per heavy atom. The Morgan fingerprint density at radius 2 is 1.43 bits per heavy atom. The van der Waals surface area contributed by atoms with Crippen molar-refractivity contribution in [3.8, 4) is 0 Å². The molecular formula is C17H40N2O3Si. The maximum atomic E-state index is 6.13. The summed E-state index contributed by atoms with van der Waals surface area (Å²) in [5.41, 5.74) is 5.93. The highest BCUT2D eigenvalue weighted by atomic mass is 28.4. The normalized spacial score (nSPS) is 13.4. The van der Waals surface area contributed by atoms with Crippen LogP contribution in [0.3, 0.4) is 0 Å². The van der Waals surface area contributed by atoms with Gasteiger partial charge in [-0.1, -0.05) is 32.6 Å². The minimum absolute atomic E-state index is 0.365. The molecule has 0 fully saturated rings. The first-order chi connectivity index (χ1) is 11.2. The van der Waals surface area contributed by atoms with E-state index in [-0.39, 0.29) is 0 Å². The van der Waals surface area contributed by atoms with Crippen molar-refractivity contribution in [3.05, 3.63) is 0 Å². The van der Waals surface area contributed by atoms with Crippen LogP contribution in [-0.4, -0.2) is 48.3 Å². The predicted molar refractivity (Wildman–Crippen MR) is 99.7 cm³/mol. The van der Waals surface area contributed by atoms with Gasteiger partial charge >= 0.3 is 8.80 Å². The summed E-state index contributed by atoms with van der Waals surface area (Å²) in [6, 6.07) is 0. The van der Waals surface area contributed by atoms with Gasteiger partial charge in [0.25, 0.3) is 0 Å². The molecule has 0 amide bonds. The average Bonchev–Trinajstić information content (AvgIpc) is 2.54. The van der Waals surface area contributed by atoms with Gasteiger partial charge in [0.05, 0.1) is 0 Å². The monoisotopic (exact) mass is 348 g/mol. The number of nitrogens with one attached hydrogen (secondary N) is 1.